The summed E-state index contributed by atoms with van der Waals surface area (Å²) in [4.78, 5) is 0.363. The number of benzene rings is 2. The zero-order valence-electron chi connectivity index (χ0n) is 13.4. The summed E-state index contributed by atoms with van der Waals surface area (Å²) in [6.07, 6.45) is 4.64. The number of aryl methyl sites for hydroxylation is 1. The number of rotatable bonds is 5. The molecule has 0 aromatic heterocycles. The molecule has 3 nitrogen and oxygen atoms in total. The molecule has 0 radical (unpaired) electrons. The third kappa shape index (κ3) is 3.09. The Morgan fingerprint density at radius 1 is 1.09 bits per heavy atom. The number of sulfonamides is 1. The molecule has 23 heavy (non-hydrogen) atoms. The zero-order valence-corrected chi connectivity index (χ0v) is 14.3. The van der Waals surface area contributed by atoms with E-state index >= 15 is 0 Å². The van der Waals surface area contributed by atoms with E-state index in [4.69, 9.17) is 0 Å². The summed E-state index contributed by atoms with van der Waals surface area (Å²) in [5.41, 5.74) is 1.77. The third-order valence-electron chi connectivity index (χ3n) is 4.25. The van der Waals surface area contributed by atoms with Crippen LogP contribution >= 0.6 is 0 Å². The van der Waals surface area contributed by atoms with Gasteiger partial charge in [-0.2, -0.15) is 4.31 Å². The lowest BCUT2D eigenvalue weighted by Crippen LogP contribution is -2.24. The van der Waals surface area contributed by atoms with Crippen molar-refractivity contribution in [3.63, 3.8) is 0 Å². The van der Waals surface area contributed by atoms with Crippen LogP contribution in [0.4, 0.5) is 0 Å². The van der Waals surface area contributed by atoms with E-state index in [9.17, 15) is 8.42 Å². The van der Waals surface area contributed by atoms with E-state index in [0.717, 1.165) is 11.1 Å². The average Bonchev–Trinajstić information content (AvgIpc) is 3.24. The predicted molar refractivity (Wildman–Crippen MR) is 92.8 cm³/mol. The maximum atomic E-state index is 12.9. The first-order valence-electron chi connectivity index (χ1n) is 7.75. The molecule has 2 aromatic rings. The molecular weight excluding hydrogens is 306 g/mol. The van der Waals surface area contributed by atoms with Crippen LogP contribution in [0.15, 0.2) is 71.6 Å². The van der Waals surface area contributed by atoms with Crippen LogP contribution in [0.3, 0.4) is 0 Å². The molecule has 1 heterocycles. The van der Waals surface area contributed by atoms with Crippen molar-refractivity contribution in [3.05, 3.63) is 77.9 Å². The van der Waals surface area contributed by atoms with Crippen LogP contribution in [-0.4, -0.2) is 24.8 Å². The minimum atomic E-state index is -3.45. The third-order valence-corrected chi connectivity index (χ3v) is 6.19. The van der Waals surface area contributed by atoms with Crippen molar-refractivity contribution in [1.82, 2.24) is 4.31 Å². The summed E-state index contributed by atoms with van der Waals surface area (Å²) in [6, 6.07) is 17.1. The van der Waals surface area contributed by atoms with Gasteiger partial charge in [0.2, 0.25) is 10.0 Å². The Labute approximate surface area is 138 Å². The minimum absolute atomic E-state index is 0.363. The van der Waals surface area contributed by atoms with E-state index in [1.54, 1.807) is 16.4 Å². The molecule has 1 fully saturated rings. The van der Waals surface area contributed by atoms with E-state index in [1.165, 1.54) is 0 Å². The highest BCUT2D eigenvalue weighted by Gasteiger charge is 2.56. The summed E-state index contributed by atoms with van der Waals surface area (Å²) in [7, 11) is -3.45. The van der Waals surface area contributed by atoms with Crippen molar-refractivity contribution >= 4 is 10.0 Å². The molecule has 2 aromatic carbocycles. The Morgan fingerprint density at radius 2 is 1.74 bits per heavy atom. The molecule has 0 saturated carbocycles. The molecule has 0 aliphatic carbocycles. The van der Waals surface area contributed by atoms with E-state index in [1.807, 2.05) is 68.5 Å². The number of hydrogen-bond donors (Lipinski definition) is 0. The van der Waals surface area contributed by atoms with Gasteiger partial charge in [0.05, 0.1) is 10.4 Å². The zero-order chi connectivity index (χ0) is 16.5. The second kappa shape index (κ2) is 5.95. The first-order valence-corrected chi connectivity index (χ1v) is 9.19. The second-order valence-corrected chi connectivity index (χ2v) is 7.95. The summed E-state index contributed by atoms with van der Waals surface area (Å²) in [5, 5.41) is 0. The van der Waals surface area contributed by atoms with Gasteiger partial charge in [0, 0.05) is 6.54 Å². The molecule has 0 bridgehead atoms. The Bertz CT molecular complexity index is 810. The fraction of sp³-hybridized carbons (Fsp3) is 0.263. The largest absolute Gasteiger partial charge is 0.243 e. The van der Waals surface area contributed by atoms with Gasteiger partial charge >= 0.3 is 0 Å². The van der Waals surface area contributed by atoms with Crippen LogP contribution < -0.4 is 0 Å². The fourth-order valence-corrected chi connectivity index (χ4v) is 4.71. The SMILES string of the molecule is C/C=C\C1(Cc2ccccc2)CN1S(=O)(=O)c1ccc(C)cc1. The van der Waals surface area contributed by atoms with Gasteiger partial charge < -0.3 is 0 Å². The summed E-state index contributed by atoms with van der Waals surface area (Å²) in [6.45, 7) is 4.41. The van der Waals surface area contributed by atoms with Crippen LogP contribution in [0.5, 0.6) is 0 Å². The smallest absolute Gasteiger partial charge is 0.207 e. The van der Waals surface area contributed by atoms with Crippen molar-refractivity contribution in [1.29, 1.82) is 0 Å². The molecule has 3 rings (SSSR count). The number of hydrogen-bond acceptors (Lipinski definition) is 2. The fourth-order valence-electron chi connectivity index (χ4n) is 2.97. The van der Waals surface area contributed by atoms with Gasteiger partial charge in [0.15, 0.2) is 0 Å². The van der Waals surface area contributed by atoms with Crippen LogP contribution in [0.25, 0.3) is 0 Å². The number of nitrogens with zero attached hydrogens (tertiary/aromatic N) is 1. The van der Waals surface area contributed by atoms with Crippen molar-refractivity contribution in [2.24, 2.45) is 0 Å². The number of allylic oxidation sites excluding steroid dienone is 1. The van der Waals surface area contributed by atoms with Gasteiger partial charge in [-0.1, -0.05) is 60.2 Å². The van der Waals surface area contributed by atoms with Crippen molar-refractivity contribution in [2.75, 3.05) is 6.54 Å². The molecule has 4 heteroatoms. The highest BCUT2D eigenvalue weighted by molar-refractivity contribution is 7.89. The molecule has 1 aliphatic rings. The Balaban J connectivity index is 1.90. The van der Waals surface area contributed by atoms with E-state index < -0.39 is 15.6 Å². The quantitative estimate of drug-likeness (QED) is 0.622. The van der Waals surface area contributed by atoms with Crippen LogP contribution in [0.2, 0.25) is 0 Å². The Hall–Kier alpha value is -1.91. The maximum Gasteiger partial charge on any atom is 0.243 e. The molecule has 0 N–H and O–H groups in total. The standard InChI is InChI=1S/C19H21NO2S/c1-3-13-19(14-17-7-5-4-6-8-17)15-20(19)23(21,22)18-11-9-16(2)10-12-18/h3-13H,14-15H2,1-2H3/b13-3-. The predicted octanol–water partition coefficient (Wildman–Crippen LogP) is 3.56. The van der Waals surface area contributed by atoms with Crippen LogP contribution in [0.1, 0.15) is 18.1 Å². The first-order chi connectivity index (χ1) is 11.0. The highest BCUT2D eigenvalue weighted by Crippen LogP contribution is 2.42. The van der Waals surface area contributed by atoms with E-state index in [-0.39, 0.29) is 0 Å². The van der Waals surface area contributed by atoms with Crippen molar-refractivity contribution < 1.29 is 8.42 Å². The normalized spacial score (nSPS) is 24.0. The van der Waals surface area contributed by atoms with Crippen molar-refractivity contribution in [3.8, 4) is 0 Å². The lowest BCUT2D eigenvalue weighted by molar-refractivity contribution is 0.531. The molecule has 0 amide bonds. The van der Waals surface area contributed by atoms with E-state index in [0.29, 0.717) is 17.9 Å². The van der Waals surface area contributed by atoms with Crippen LogP contribution in [-0.2, 0) is 16.4 Å². The van der Waals surface area contributed by atoms with Crippen molar-refractivity contribution in [2.45, 2.75) is 30.7 Å². The second-order valence-electron chi connectivity index (χ2n) is 6.09. The molecule has 2 atom stereocenters. The molecular formula is C19H21NO2S. The highest BCUT2D eigenvalue weighted by atomic mass is 32.2. The molecule has 0 spiro atoms. The summed E-state index contributed by atoms with van der Waals surface area (Å²) < 4.78 is 27.4. The summed E-state index contributed by atoms with van der Waals surface area (Å²) >= 11 is 0. The Kier molecular flexibility index (Phi) is 4.13. The average molecular weight is 327 g/mol. The Morgan fingerprint density at radius 3 is 2.35 bits per heavy atom. The first kappa shape index (κ1) is 16.0. The van der Waals surface area contributed by atoms with Gasteiger partial charge in [-0.25, -0.2) is 8.42 Å². The lowest BCUT2D eigenvalue weighted by atomic mass is 9.99. The molecule has 120 valence electrons. The maximum absolute atomic E-state index is 12.9. The van der Waals surface area contributed by atoms with Gasteiger partial charge in [-0.15, -0.1) is 0 Å². The van der Waals surface area contributed by atoms with E-state index in [2.05, 4.69) is 0 Å². The topological polar surface area (TPSA) is 37.1 Å². The van der Waals surface area contributed by atoms with Gasteiger partial charge in [0.25, 0.3) is 0 Å². The summed E-state index contributed by atoms with van der Waals surface area (Å²) in [5.74, 6) is 0. The molecule has 1 saturated heterocycles. The lowest BCUT2D eigenvalue weighted by Gasteiger charge is -2.15. The van der Waals surface area contributed by atoms with Crippen LogP contribution in [0, 0.1) is 6.92 Å². The van der Waals surface area contributed by atoms with Gasteiger partial charge in [-0.05, 0) is 38.0 Å². The minimum Gasteiger partial charge on any atom is -0.207 e. The monoisotopic (exact) mass is 327 g/mol. The van der Waals surface area contributed by atoms with Gasteiger partial charge in [-0.3, -0.25) is 0 Å². The molecule has 2 unspecified atom stereocenters. The molecule has 1 aliphatic heterocycles. The van der Waals surface area contributed by atoms with Gasteiger partial charge in [0.1, 0.15) is 0 Å².